The molecule has 1 aliphatic rings. The summed E-state index contributed by atoms with van der Waals surface area (Å²) in [6.45, 7) is 0.326. The normalized spacial score (nSPS) is 14.5. The topological polar surface area (TPSA) is 115 Å². The zero-order valence-electron chi connectivity index (χ0n) is 16.0. The van der Waals surface area contributed by atoms with Gasteiger partial charge in [-0.3, -0.25) is 9.78 Å². The molecule has 0 radical (unpaired) electrons. The molecule has 1 aromatic carbocycles. The van der Waals surface area contributed by atoms with Gasteiger partial charge in [0.15, 0.2) is 0 Å². The molecule has 156 valence electrons. The Morgan fingerprint density at radius 3 is 2.71 bits per heavy atom. The van der Waals surface area contributed by atoms with Crippen LogP contribution in [0.5, 0.6) is 0 Å². The number of benzene rings is 1. The monoisotopic (exact) mass is 453 g/mol. The third-order valence-corrected chi connectivity index (χ3v) is 7.50. The van der Waals surface area contributed by atoms with Crippen LogP contribution in [0.25, 0.3) is 10.2 Å². The first kappa shape index (κ1) is 19.5. The van der Waals surface area contributed by atoms with Crippen molar-refractivity contribution in [1.82, 2.24) is 24.1 Å². The molecular weight excluding hydrogens is 438 g/mol. The van der Waals surface area contributed by atoms with Crippen molar-refractivity contribution in [2.45, 2.75) is 23.9 Å². The molecule has 0 fully saturated rings. The van der Waals surface area contributed by atoms with E-state index in [1.807, 2.05) is 0 Å². The fraction of sp³-hybridized carbons (Fsp3) is 0.150. The summed E-state index contributed by atoms with van der Waals surface area (Å²) in [7, 11) is -3.87. The van der Waals surface area contributed by atoms with E-state index in [4.69, 9.17) is 0 Å². The minimum Gasteiger partial charge on any atom is -0.331 e. The van der Waals surface area contributed by atoms with Gasteiger partial charge in [0, 0.05) is 30.7 Å². The van der Waals surface area contributed by atoms with Crippen LogP contribution in [0.4, 0.5) is 0 Å². The number of pyridine rings is 1. The van der Waals surface area contributed by atoms with Crippen LogP contribution in [-0.2, 0) is 32.7 Å². The highest BCUT2D eigenvalue weighted by molar-refractivity contribution is 7.89. The van der Waals surface area contributed by atoms with Gasteiger partial charge >= 0.3 is 0 Å². The number of hydrogen-bond acceptors (Lipinski definition) is 8. The van der Waals surface area contributed by atoms with Crippen LogP contribution in [0.3, 0.4) is 0 Å². The van der Waals surface area contributed by atoms with Gasteiger partial charge in [-0.15, -0.1) is 11.3 Å². The first-order valence-electron chi connectivity index (χ1n) is 9.27. The summed E-state index contributed by atoms with van der Waals surface area (Å²) >= 11 is 1.36. The highest BCUT2D eigenvalue weighted by Crippen LogP contribution is 2.28. The molecule has 0 aliphatic carbocycles. The average Bonchev–Trinajstić information content (AvgIpc) is 3.49. The maximum absolute atomic E-state index is 13.0. The molecule has 0 saturated carbocycles. The largest absolute Gasteiger partial charge is 0.331 e. The third kappa shape index (κ3) is 3.31. The third-order valence-electron chi connectivity index (χ3n) is 5.18. The standard InChI is InChI=1S/C20H15N5O4S2/c26-11-16(13-3-5-21-6-4-13)20(27)24-8-14-9-25(23-18(14)10-24)31(28,29)15-1-2-17-19(7-15)30-12-22-17/h1-7,9,11-12,16H,8,10H2. The molecule has 1 atom stereocenters. The Labute approximate surface area is 181 Å². The van der Waals surface area contributed by atoms with Crippen LogP contribution in [0.2, 0.25) is 0 Å². The highest BCUT2D eigenvalue weighted by Gasteiger charge is 2.33. The lowest BCUT2D eigenvalue weighted by Crippen LogP contribution is -2.32. The van der Waals surface area contributed by atoms with Crippen molar-refractivity contribution in [2.75, 3.05) is 0 Å². The van der Waals surface area contributed by atoms with E-state index < -0.39 is 15.9 Å². The summed E-state index contributed by atoms with van der Waals surface area (Å²) in [5, 5.41) is 4.22. The Morgan fingerprint density at radius 2 is 1.97 bits per heavy atom. The number of thiazole rings is 1. The van der Waals surface area contributed by atoms with Gasteiger partial charge in [-0.2, -0.15) is 17.6 Å². The molecule has 1 unspecified atom stereocenters. The summed E-state index contributed by atoms with van der Waals surface area (Å²) in [5.74, 6) is -1.29. The summed E-state index contributed by atoms with van der Waals surface area (Å²) < 4.78 is 27.7. The van der Waals surface area contributed by atoms with E-state index in [2.05, 4.69) is 15.1 Å². The fourth-order valence-corrected chi connectivity index (χ4v) is 5.54. The molecule has 31 heavy (non-hydrogen) atoms. The SMILES string of the molecule is O=CC(C(=O)N1Cc2cn(S(=O)(=O)c3ccc4ncsc4c3)nc2C1)c1ccncc1. The Bertz CT molecular complexity index is 1390. The minimum atomic E-state index is -3.87. The van der Waals surface area contributed by atoms with Gasteiger partial charge in [-0.05, 0) is 35.9 Å². The summed E-state index contributed by atoms with van der Waals surface area (Å²) in [6.07, 6.45) is 5.08. The molecule has 5 rings (SSSR count). The van der Waals surface area contributed by atoms with Crippen LogP contribution in [0.15, 0.2) is 59.3 Å². The van der Waals surface area contributed by atoms with Crippen molar-refractivity contribution in [2.24, 2.45) is 0 Å². The molecule has 11 heteroatoms. The number of amides is 1. The number of rotatable bonds is 5. The van der Waals surface area contributed by atoms with Crippen LogP contribution < -0.4 is 0 Å². The number of aromatic nitrogens is 4. The molecule has 0 N–H and O–H groups in total. The van der Waals surface area contributed by atoms with E-state index in [0.717, 1.165) is 14.3 Å². The van der Waals surface area contributed by atoms with Gasteiger partial charge in [0.25, 0.3) is 10.0 Å². The van der Waals surface area contributed by atoms with Gasteiger partial charge in [0.2, 0.25) is 5.91 Å². The first-order chi connectivity index (χ1) is 15.0. The molecule has 3 aromatic heterocycles. The second-order valence-electron chi connectivity index (χ2n) is 7.05. The van der Waals surface area contributed by atoms with Gasteiger partial charge in [0.05, 0.1) is 32.9 Å². The predicted octanol–water partition coefficient (Wildman–Crippen LogP) is 1.95. The Hall–Kier alpha value is -3.44. The number of carbonyl (C=O) groups excluding carboxylic acids is 2. The molecule has 0 saturated heterocycles. The predicted molar refractivity (Wildman–Crippen MR) is 112 cm³/mol. The highest BCUT2D eigenvalue weighted by atomic mass is 32.2. The Morgan fingerprint density at radius 1 is 1.16 bits per heavy atom. The number of aldehydes is 1. The second-order valence-corrected chi connectivity index (χ2v) is 9.73. The van der Waals surface area contributed by atoms with Gasteiger partial charge in [-0.1, -0.05) is 0 Å². The molecule has 4 heterocycles. The van der Waals surface area contributed by atoms with Crippen molar-refractivity contribution in [3.63, 3.8) is 0 Å². The van der Waals surface area contributed by atoms with Crippen molar-refractivity contribution in [3.05, 3.63) is 71.3 Å². The van der Waals surface area contributed by atoms with Crippen molar-refractivity contribution >= 4 is 43.8 Å². The van der Waals surface area contributed by atoms with E-state index in [-0.39, 0.29) is 23.9 Å². The van der Waals surface area contributed by atoms with Crippen molar-refractivity contribution in [1.29, 1.82) is 0 Å². The molecule has 1 amide bonds. The minimum absolute atomic E-state index is 0.122. The maximum Gasteiger partial charge on any atom is 0.283 e. The van der Waals surface area contributed by atoms with E-state index in [9.17, 15) is 18.0 Å². The van der Waals surface area contributed by atoms with Crippen LogP contribution in [-0.4, -0.2) is 44.7 Å². The zero-order chi connectivity index (χ0) is 21.6. The Balaban J connectivity index is 1.38. The Kier molecular flexibility index (Phi) is 4.63. The van der Waals surface area contributed by atoms with Gasteiger partial charge < -0.3 is 9.69 Å². The van der Waals surface area contributed by atoms with E-state index in [1.165, 1.54) is 40.9 Å². The number of nitrogens with zero attached hydrogens (tertiary/aromatic N) is 5. The van der Waals surface area contributed by atoms with Gasteiger partial charge in [0.1, 0.15) is 12.2 Å². The van der Waals surface area contributed by atoms with Gasteiger partial charge in [-0.25, -0.2) is 4.98 Å². The smallest absolute Gasteiger partial charge is 0.283 e. The maximum atomic E-state index is 13.0. The molecular formula is C20H15N5O4S2. The number of carbonyl (C=O) groups is 2. The van der Waals surface area contributed by atoms with E-state index in [1.54, 1.807) is 29.8 Å². The number of hydrogen-bond donors (Lipinski definition) is 0. The molecule has 0 spiro atoms. The van der Waals surface area contributed by atoms with Crippen LogP contribution in [0, 0.1) is 0 Å². The quantitative estimate of drug-likeness (QED) is 0.335. The summed E-state index contributed by atoms with van der Waals surface area (Å²) in [4.78, 5) is 34.1. The van der Waals surface area contributed by atoms with Crippen molar-refractivity contribution in [3.8, 4) is 0 Å². The van der Waals surface area contributed by atoms with Crippen LogP contribution in [0.1, 0.15) is 22.7 Å². The van der Waals surface area contributed by atoms with Crippen LogP contribution >= 0.6 is 11.3 Å². The summed E-state index contributed by atoms with van der Waals surface area (Å²) in [6, 6.07) is 7.99. The first-order valence-corrected chi connectivity index (χ1v) is 11.6. The summed E-state index contributed by atoms with van der Waals surface area (Å²) in [5.41, 5.74) is 4.09. The second kappa shape index (κ2) is 7.36. The lowest BCUT2D eigenvalue weighted by molar-refractivity contribution is -0.135. The zero-order valence-corrected chi connectivity index (χ0v) is 17.6. The molecule has 4 aromatic rings. The molecule has 1 aliphatic heterocycles. The lowest BCUT2D eigenvalue weighted by Gasteiger charge is -2.20. The average molecular weight is 454 g/mol. The molecule has 9 nitrogen and oxygen atoms in total. The number of fused-ring (bicyclic) bond motifs is 2. The fourth-order valence-electron chi connectivity index (χ4n) is 3.56. The van der Waals surface area contributed by atoms with E-state index >= 15 is 0 Å². The van der Waals surface area contributed by atoms with E-state index in [0.29, 0.717) is 23.1 Å². The lowest BCUT2D eigenvalue weighted by atomic mass is 10.0. The molecule has 0 bridgehead atoms. The van der Waals surface area contributed by atoms with Crippen molar-refractivity contribution < 1.29 is 18.0 Å².